The summed E-state index contributed by atoms with van der Waals surface area (Å²) in [4.78, 5) is 35.1. The third kappa shape index (κ3) is 2.34. The summed E-state index contributed by atoms with van der Waals surface area (Å²) >= 11 is 0. The zero-order valence-electron chi connectivity index (χ0n) is 12.4. The second kappa shape index (κ2) is 5.34. The van der Waals surface area contributed by atoms with Crippen molar-refractivity contribution in [3.8, 4) is 0 Å². The summed E-state index contributed by atoms with van der Waals surface area (Å²) < 4.78 is 6.09. The van der Waals surface area contributed by atoms with Crippen LogP contribution in [0.2, 0.25) is 0 Å². The minimum Gasteiger partial charge on any atom is -0.422 e. The molecule has 0 amide bonds. The van der Waals surface area contributed by atoms with Crippen molar-refractivity contribution in [2.45, 2.75) is 0 Å². The molecule has 0 N–H and O–H groups in total. The predicted molar refractivity (Wildman–Crippen MR) is 86.4 cm³/mol. The van der Waals surface area contributed by atoms with Crippen LogP contribution in [0.4, 0.5) is 5.69 Å². The molecule has 4 aromatic rings. The van der Waals surface area contributed by atoms with E-state index in [1.54, 1.807) is 24.3 Å². The van der Waals surface area contributed by atoms with Crippen LogP contribution in [0.1, 0.15) is 10.4 Å². The lowest BCUT2D eigenvalue weighted by atomic mass is 10.1. The molecule has 0 fully saturated rings. The molecule has 9 nitrogen and oxygen atoms in total. The van der Waals surface area contributed by atoms with Crippen molar-refractivity contribution >= 4 is 33.6 Å². The fraction of sp³-hybridized carbons (Fsp3) is 0. The fourth-order valence-corrected chi connectivity index (χ4v) is 2.51. The Kier molecular flexibility index (Phi) is 3.14. The van der Waals surface area contributed by atoms with Gasteiger partial charge in [0.1, 0.15) is 16.7 Å². The van der Waals surface area contributed by atoms with Crippen LogP contribution in [0.25, 0.3) is 22.0 Å². The number of para-hydroxylation sites is 1. The van der Waals surface area contributed by atoms with E-state index in [-0.39, 0.29) is 22.2 Å². The zero-order valence-corrected chi connectivity index (χ0v) is 12.4. The largest absolute Gasteiger partial charge is 0.422 e. The Labute approximate surface area is 138 Å². The van der Waals surface area contributed by atoms with Crippen molar-refractivity contribution in [1.29, 1.82) is 0 Å². The molecule has 0 atom stereocenters. The lowest BCUT2D eigenvalue weighted by Crippen LogP contribution is -2.21. The first kappa shape index (κ1) is 14.7. The molecule has 2 aromatic heterocycles. The Morgan fingerprint density at radius 3 is 2.76 bits per heavy atom. The molecule has 4 rings (SSSR count). The maximum atomic E-state index is 12.7. The molecule has 25 heavy (non-hydrogen) atoms. The topological polar surface area (TPSA) is 121 Å². The van der Waals surface area contributed by atoms with Crippen molar-refractivity contribution in [3.63, 3.8) is 0 Å². The van der Waals surface area contributed by atoms with Gasteiger partial charge in [-0.15, -0.1) is 5.10 Å². The van der Waals surface area contributed by atoms with E-state index in [1.807, 2.05) is 0 Å². The highest BCUT2D eigenvalue weighted by Gasteiger charge is 2.20. The third-order valence-corrected chi connectivity index (χ3v) is 3.70. The van der Waals surface area contributed by atoms with Crippen LogP contribution in [0.5, 0.6) is 0 Å². The normalized spacial score (nSPS) is 11.0. The average molecular weight is 336 g/mol. The molecular formula is C16H8N4O5. The molecule has 0 aliphatic rings. The minimum absolute atomic E-state index is 0.149. The van der Waals surface area contributed by atoms with E-state index in [9.17, 15) is 19.7 Å². The second-order valence-electron chi connectivity index (χ2n) is 5.22. The molecule has 0 unspecified atom stereocenters. The number of fused-ring (bicyclic) bond motifs is 2. The number of nitro benzene ring substituents is 1. The Balaban J connectivity index is 1.90. The highest BCUT2D eigenvalue weighted by atomic mass is 16.6. The van der Waals surface area contributed by atoms with Gasteiger partial charge in [-0.2, -0.15) is 4.68 Å². The number of aromatic nitrogens is 3. The Hall–Kier alpha value is -3.88. The molecule has 0 aliphatic carbocycles. The Bertz CT molecular complexity index is 1220. The summed E-state index contributed by atoms with van der Waals surface area (Å²) in [5.74, 6) is -0.726. The zero-order chi connectivity index (χ0) is 17.6. The number of nitro groups is 1. The van der Waals surface area contributed by atoms with Crippen LogP contribution in [-0.2, 0) is 0 Å². The number of benzene rings is 2. The van der Waals surface area contributed by atoms with Crippen molar-refractivity contribution in [2.75, 3.05) is 0 Å². The monoisotopic (exact) mass is 336 g/mol. The van der Waals surface area contributed by atoms with Crippen LogP contribution in [-0.4, -0.2) is 25.8 Å². The highest BCUT2D eigenvalue weighted by Crippen LogP contribution is 2.21. The number of nitrogens with zero attached hydrogens (tertiary/aromatic N) is 4. The van der Waals surface area contributed by atoms with E-state index in [4.69, 9.17) is 4.42 Å². The van der Waals surface area contributed by atoms with Gasteiger partial charge in [0.2, 0.25) is 0 Å². The van der Waals surface area contributed by atoms with Crippen molar-refractivity contribution < 1.29 is 14.1 Å². The SMILES string of the molecule is O=C(c1cc2cc([N+](=O)[O-])ccc2oc1=O)n1nnc2ccccc21. The predicted octanol–water partition coefficient (Wildman–Crippen LogP) is 2.13. The number of carbonyl (C=O) groups excluding carboxylic acids is 1. The number of carbonyl (C=O) groups is 1. The number of hydrogen-bond acceptors (Lipinski definition) is 7. The van der Waals surface area contributed by atoms with E-state index in [0.29, 0.717) is 11.0 Å². The standard InChI is InChI=1S/C16H8N4O5/c21-15(19-13-4-2-1-3-12(13)17-18-19)11-8-9-7-10(20(23)24)5-6-14(9)25-16(11)22/h1-8H. The van der Waals surface area contributed by atoms with Crippen LogP contribution in [0, 0.1) is 10.1 Å². The second-order valence-corrected chi connectivity index (χ2v) is 5.22. The van der Waals surface area contributed by atoms with Crippen LogP contribution in [0.3, 0.4) is 0 Å². The van der Waals surface area contributed by atoms with E-state index in [0.717, 1.165) is 4.68 Å². The molecule has 9 heteroatoms. The van der Waals surface area contributed by atoms with Gasteiger partial charge in [-0.1, -0.05) is 17.3 Å². The van der Waals surface area contributed by atoms with E-state index >= 15 is 0 Å². The maximum Gasteiger partial charge on any atom is 0.349 e. The number of rotatable bonds is 2. The van der Waals surface area contributed by atoms with Gasteiger partial charge >= 0.3 is 5.63 Å². The van der Waals surface area contributed by atoms with Crippen LogP contribution >= 0.6 is 0 Å². The smallest absolute Gasteiger partial charge is 0.349 e. The Morgan fingerprint density at radius 2 is 1.96 bits per heavy atom. The number of hydrogen-bond donors (Lipinski definition) is 0. The van der Waals surface area contributed by atoms with Gasteiger partial charge in [0.05, 0.1) is 10.4 Å². The summed E-state index contributed by atoms with van der Waals surface area (Å²) in [5.41, 5.74) is -0.237. The lowest BCUT2D eigenvalue weighted by Gasteiger charge is -2.02. The summed E-state index contributed by atoms with van der Waals surface area (Å²) in [6, 6.07) is 11.8. The lowest BCUT2D eigenvalue weighted by molar-refractivity contribution is -0.384. The van der Waals surface area contributed by atoms with E-state index in [2.05, 4.69) is 10.3 Å². The first-order valence-corrected chi connectivity index (χ1v) is 7.12. The Morgan fingerprint density at radius 1 is 1.16 bits per heavy atom. The fourth-order valence-electron chi connectivity index (χ4n) is 2.51. The summed E-state index contributed by atoms with van der Waals surface area (Å²) in [6.45, 7) is 0. The molecule has 2 heterocycles. The molecule has 0 radical (unpaired) electrons. The number of non-ortho nitro benzene ring substituents is 1. The van der Waals surface area contributed by atoms with Crippen LogP contribution in [0.15, 0.2) is 57.7 Å². The van der Waals surface area contributed by atoms with Gasteiger partial charge < -0.3 is 4.42 Å². The van der Waals surface area contributed by atoms with Crippen molar-refractivity contribution in [1.82, 2.24) is 15.0 Å². The molecule has 0 aliphatic heterocycles. The van der Waals surface area contributed by atoms with Gasteiger partial charge in [0.25, 0.3) is 11.6 Å². The molecule has 122 valence electrons. The molecule has 0 spiro atoms. The van der Waals surface area contributed by atoms with Crippen LogP contribution < -0.4 is 5.63 Å². The van der Waals surface area contributed by atoms with Gasteiger partial charge in [0.15, 0.2) is 0 Å². The van der Waals surface area contributed by atoms with Gasteiger partial charge in [0, 0.05) is 17.5 Å². The van der Waals surface area contributed by atoms with Crippen molar-refractivity contribution in [2.24, 2.45) is 0 Å². The molecule has 0 saturated carbocycles. The third-order valence-electron chi connectivity index (χ3n) is 3.70. The quantitative estimate of drug-likeness (QED) is 0.312. The first-order chi connectivity index (χ1) is 12.0. The molecule has 0 bridgehead atoms. The van der Waals surface area contributed by atoms with Crippen molar-refractivity contribution in [3.05, 3.63) is 74.6 Å². The van der Waals surface area contributed by atoms with E-state index < -0.39 is 16.5 Å². The van der Waals surface area contributed by atoms with E-state index in [1.165, 1.54) is 24.3 Å². The average Bonchev–Trinajstić information content (AvgIpc) is 3.04. The van der Waals surface area contributed by atoms with Gasteiger partial charge in [-0.05, 0) is 24.3 Å². The summed E-state index contributed by atoms with van der Waals surface area (Å²) in [6.07, 6.45) is 0. The maximum absolute atomic E-state index is 12.7. The molecule has 0 saturated heterocycles. The van der Waals surface area contributed by atoms with Gasteiger partial charge in [-0.3, -0.25) is 14.9 Å². The summed E-state index contributed by atoms with van der Waals surface area (Å²) in [7, 11) is 0. The minimum atomic E-state index is -0.856. The summed E-state index contributed by atoms with van der Waals surface area (Å²) in [5, 5.41) is 18.8. The molecular weight excluding hydrogens is 328 g/mol. The van der Waals surface area contributed by atoms with Gasteiger partial charge in [-0.25, -0.2) is 4.79 Å². The highest BCUT2D eigenvalue weighted by molar-refractivity contribution is 6.01. The first-order valence-electron chi connectivity index (χ1n) is 7.12. The molecule has 2 aromatic carbocycles.